The Kier molecular flexibility index (Phi) is 7.53. The Labute approximate surface area is 252 Å². The van der Waals surface area contributed by atoms with Crippen LogP contribution in [0.5, 0.6) is 0 Å². The second-order valence-corrected chi connectivity index (χ2v) is 9.41. The smallest absolute Gasteiger partial charge is 0.145 e. The number of para-hydroxylation sites is 3. The van der Waals surface area contributed by atoms with Crippen LogP contribution in [-0.4, -0.2) is 17.0 Å². The van der Waals surface area contributed by atoms with Crippen LogP contribution in [0, 0.1) is 25.5 Å². The molecule has 8 rings (SSSR count). The molecule has 1 unspecified atom stereocenters. The Balaban J connectivity index is 0.000000145. The van der Waals surface area contributed by atoms with Crippen molar-refractivity contribution in [1.82, 2.24) is 9.97 Å². The van der Waals surface area contributed by atoms with E-state index in [1.807, 2.05) is 102 Å². The molecule has 0 aliphatic carbocycles. The van der Waals surface area contributed by atoms with Crippen molar-refractivity contribution >= 4 is 50.6 Å². The average Bonchev–Trinajstić information content (AvgIpc) is 3.73. The molecule has 8 heteroatoms. The standard InChI is InChI=1S/C17H12N4.C16H13N2O.Ir/c1-3-7-14(8-4-1)20-13-21(15-9-5-2-6-10-15)17-16(20)18-11-12-19-17;1-17-9-10-18(11-17)14-7-4-6-13-12-5-2-3-8-15(12)19-16(13)14;/h1-9,11-13H;2-6,8-11,17H,1H3;/q-2;-1;. The van der Waals surface area contributed by atoms with Gasteiger partial charge in [-0.05, 0) is 24.9 Å². The van der Waals surface area contributed by atoms with Gasteiger partial charge < -0.3 is 24.0 Å². The Morgan fingerprint density at radius 1 is 0.780 bits per heavy atom. The van der Waals surface area contributed by atoms with Gasteiger partial charge in [-0.15, -0.1) is 12.4 Å². The van der Waals surface area contributed by atoms with E-state index in [1.54, 1.807) is 12.4 Å². The predicted molar refractivity (Wildman–Crippen MR) is 158 cm³/mol. The van der Waals surface area contributed by atoms with Crippen molar-refractivity contribution in [2.75, 3.05) is 21.7 Å². The molecular formula is C33H25IrN6O-3. The van der Waals surface area contributed by atoms with Gasteiger partial charge in [0.15, 0.2) is 0 Å². The third-order valence-electron chi connectivity index (χ3n) is 6.75. The molecule has 41 heavy (non-hydrogen) atoms. The van der Waals surface area contributed by atoms with Crippen LogP contribution in [0.25, 0.3) is 21.9 Å². The van der Waals surface area contributed by atoms with Crippen molar-refractivity contribution < 1.29 is 29.4 Å². The van der Waals surface area contributed by atoms with Gasteiger partial charge in [0.1, 0.15) is 17.2 Å². The Morgan fingerprint density at radius 3 is 2.29 bits per heavy atom. The number of hydrogen-bond donors (Lipinski definition) is 1. The van der Waals surface area contributed by atoms with Crippen LogP contribution in [0.4, 0.5) is 28.7 Å². The summed E-state index contributed by atoms with van der Waals surface area (Å²) >= 11 is 0. The first kappa shape index (κ1) is 26.7. The van der Waals surface area contributed by atoms with Gasteiger partial charge in [-0.25, -0.2) is 9.97 Å². The Morgan fingerprint density at radius 2 is 1.54 bits per heavy atom. The minimum atomic E-state index is 0. The Hall–Kier alpha value is -4.49. The van der Waals surface area contributed by atoms with Crippen molar-refractivity contribution in [1.29, 1.82) is 0 Å². The van der Waals surface area contributed by atoms with E-state index < -0.39 is 0 Å². The zero-order valence-electron chi connectivity index (χ0n) is 22.1. The fourth-order valence-corrected chi connectivity index (χ4v) is 4.89. The van der Waals surface area contributed by atoms with E-state index in [1.165, 1.54) is 4.90 Å². The first-order valence-corrected chi connectivity index (χ1v) is 13.0. The Bertz CT molecular complexity index is 1740. The molecule has 0 bridgehead atoms. The van der Waals surface area contributed by atoms with Crippen molar-refractivity contribution in [3.05, 3.63) is 141 Å². The number of rotatable bonds is 3. The third kappa shape index (κ3) is 5.09. The van der Waals surface area contributed by atoms with E-state index in [2.05, 4.69) is 59.0 Å². The van der Waals surface area contributed by atoms with Crippen LogP contribution in [-0.2, 0) is 20.1 Å². The summed E-state index contributed by atoms with van der Waals surface area (Å²) in [6.45, 7) is 4.07. The van der Waals surface area contributed by atoms with Gasteiger partial charge in [0, 0.05) is 62.4 Å². The van der Waals surface area contributed by atoms with Gasteiger partial charge in [0.2, 0.25) is 0 Å². The normalized spacial score (nSPS) is 15.5. The number of aromatic nitrogens is 2. The SMILES string of the molecule is C[NH+]1C=CN(c2[c-]ccc3c2oc2ccccc23)[CH-]1.[Ir].[c-]1ccccc1N1[CH-]N(c2ccccc2)c2nccnc21. The summed E-state index contributed by atoms with van der Waals surface area (Å²) in [5.74, 6) is 1.63. The molecule has 1 atom stereocenters. The first-order valence-electron chi connectivity index (χ1n) is 13.0. The minimum Gasteiger partial charge on any atom is -0.514 e. The van der Waals surface area contributed by atoms with Gasteiger partial charge in [-0.3, -0.25) is 0 Å². The molecule has 6 aromatic rings. The number of benzene rings is 4. The van der Waals surface area contributed by atoms with E-state index in [0.717, 1.165) is 50.6 Å². The number of nitrogens with zero attached hydrogens (tertiary/aromatic N) is 5. The van der Waals surface area contributed by atoms with Crippen molar-refractivity contribution in [2.24, 2.45) is 0 Å². The zero-order chi connectivity index (χ0) is 26.9. The molecule has 205 valence electrons. The summed E-state index contributed by atoms with van der Waals surface area (Å²) in [6, 6.07) is 36.6. The molecule has 4 aromatic carbocycles. The summed E-state index contributed by atoms with van der Waals surface area (Å²) < 4.78 is 6.00. The van der Waals surface area contributed by atoms with Gasteiger partial charge in [0.05, 0.1) is 6.20 Å². The molecule has 2 aliphatic rings. The summed E-state index contributed by atoms with van der Waals surface area (Å²) in [7, 11) is 2.08. The van der Waals surface area contributed by atoms with E-state index in [-0.39, 0.29) is 20.1 Å². The topological polar surface area (TPSA) is 53.1 Å². The number of furan rings is 1. The van der Waals surface area contributed by atoms with Gasteiger partial charge in [0.25, 0.3) is 0 Å². The van der Waals surface area contributed by atoms with Crippen molar-refractivity contribution in [3.8, 4) is 0 Å². The van der Waals surface area contributed by atoms with Gasteiger partial charge in [-0.2, -0.15) is 48.5 Å². The average molecular weight is 714 g/mol. The van der Waals surface area contributed by atoms with Crippen molar-refractivity contribution in [3.63, 3.8) is 0 Å². The van der Waals surface area contributed by atoms with Crippen LogP contribution in [0.3, 0.4) is 0 Å². The molecule has 2 aromatic heterocycles. The van der Waals surface area contributed by atoms with E-state index in [0.29, 0.717) is 0 Å². The zero-order valence-corrected chi connectivity index (χ0v) is 24.5. The third-order valence-corrected chi connectivity index (χ3v) is 6.75. The molecule has 2 aliphatic heterocycles. The van der Waals surface area contributed by atoms with Gasteiger partial charge >= 0.3 is 0 Å². The van der Waals surface area contributed by atoms with Crippen molar-refractivity contribution in [2.45, 2.75) is 0 Å². The number of quaternary nitrogens is 1. The molecule has 7 nitrogen and oxygen atoms in total. The monoisotopic (exact) mass is 714 g/mol. The summed E-state index contributed by atoms with van der Waals surface area (Å²) in [4.78, 5) is 16.2. The second kappa shape index (κ2) is 11.5. The second-order valence-electron chi connectivity index (χ2n) is 9.41. The number of anilines is 5. The molecule has 0 fully saturated rings. The molecule has 1 N–H and O–H groups in total. The summed E-state index contributed by atoms with van der Waals surface area (Å²) in [5, 5.41) is 2.28. The van der Waals surface area contributed by atoms with Crippen LogP contribution in [0.2, 0.25) is 0 Å². The quantitative estimate of drug-likeness (QED) is 0.228. The predicted octanol–water partition coefficient (Wildman–Crippen LogP) is 5.99. The first-order chi connectivity index (χ1) is 19.8. The van der Waals surface area contributed by atoms with Crippen LogP contribution in [0.1, 0.15) is 0 Å². The largest absolute Gasteiger partial charge is 0.514 e. The minimum absolute atomic E-state index is 0. The molecule has 4 heterocycles. The van der Waals surface area contributed by atoms with Crippen LogP contribution < -0.4 is 19.6 Å². The fourth-order valence-electron chi connectivity index (χ4n) is 4.89. The molecule has 0 saturated carbocycles. The maximum absolute atomic E-state index is 6.00. The fraction of sp³-hybridized carbons (Fsp3) is 0.0303. The molecule has 0 spiro atoms. The molecule has 0 amide bonds. The molecular weight excluding hydrogens is 689 g/mol. The van der Waals surface area contributed by atoms with Gasteiger partial charge in [-0.1, -0.05) is 47.5 Å². The summed E-state index contributed by atoms with van der Waals surface area (Å²) in [5.41, 5.74) is 4.76. The molecule has 0 saturated heterocycles. The maximum atomic E-state index is 6.00. The molecule has 1 radical (unpaired) electrons. The van der Waals surface area contributed by atoms with Crippen LogP contribution >= 0.6 is 0 Å². The van der Waals surface area contributed by atoms with Crippen LogP contribution in [0.15, 0.2) is 120 Å². The summed E-state index contributed by atoms with van der Waals surface area (Å²) in [6.07, 6.45) is 7.53. The maximum Gasteiger partial charge on any atom is 0.145 e. The number of hydrogen-bond acceptors (Lipinski definition) is 6. The number of fused-ring (bicyclic) bond motifs is 4. The van der Waals surface area contributed by atoms with E-state index in [4.69, 9.17) is 4.42 Å². The van der Waals surface area contributed by atoms with E-state index >= 15 is 0 Å². The number of nitrogens with one attached hydrogen (secondary N) is 1. The van der Waals surface area contributed by atoms with E-state index in [9.17, 15) is 0 Å².